The first-order chi connectivity index (χ1) is 12.8. The Hall–Kier alpha value is -2.57. The number of pyridine rings is 2. The van der Waals surface area contributed by atoms with Crippen LogP contribution in [0.15, 0.2) is 24.3 Å². The number of rotatable bonds is 5. The molecule has 2 fully saturated rings. The topological polar surface area (TPSA) is 64.1 Å². The number of nitrogens with one attached hydrogen (secondary N) is 1. The average molecular weight is 373 g/mol. The molecule has 1 unspecified atom stereocenters. The van der Waals surface area contributed by atoms with Gasteiger partial charge in [0.2, 0.25) is 11.9 Å². The van der Waals surface area contributed by atoms with Gasteiger partial charge in [-0.1, -0.05) is 20.3 Å². The number of hydrogen-bond acceptors (Lipinski definition) is 5. The van der Waals surface area contributed by atoms with Crippen molar-refractivity contribution < 1.29 is 18.3 Å². The summed E-state index contributed by atoms with van der Waals surface area (Å²) < 4.78 is 31.9. The van der Waals surface area contributed by atoms with Crippen LogP contribution in [0.3, 0.4) is 0 Å². The fraction of sp³-hybridized carbons (Fsp3) is 0.450. The van der Waals surface area contributed by atoms with E-state index in [9.17, 15) is 13.6 Å². The monoisotopic (exact) mass is 373 g/mol. The second-order valence-corrected chi connectivity index (χ2v) is 7.90. The molecule has 2 aliphatic rings. The number of Topliss-reactive ketones (excluding diaryl/α,β-unsaturated/α-hetero) is 1. The molecule has 2 aromatic heterocycles. The van der Waals surface area contributed by atoms with Crippen LogP contribution in [0, 0.1) is 28.6 Å². The standard InChI is InChI=1S/C20H21F2N3O2/c1-19(2)18(20(19)7-4-8-20)17(26)16-12(27-3)5-6-15(25-16)23-11-9-13(21)24-14(22)10-11/h5-6,9-10,18H,4,7-8H2,1-3H3,(H,23,24,25). The summed E-state index contributed by atoms with van der Waals surface area (Å²) in [4.78, 5) is 20.7. The number of nitrogens with zero attached hydrogens (tertiary/aromatic N) is 2. The van der Waals surface area contributed by atoms with Gasteiger partial charge in [-0.25, -0.2) is 4.98 Å². The molecule has 5 nitrogen and oxygen atoms in total. The van der Waals surface area contributed by atoms with Gasteiger partial charge in [-0.2, -0.15) is 13.8 Å². The Morgan fingerprint density at radius 1 is 1.19 bits per heavy atom. The molecular formula is C20H21F2N3O2. The summed E-state index contributed by atoms with van der Waals surface area (Å²) in [5.74, 6) is -1.28. The summed E-state index contributed by atoms with van der Waals surface area (Å²) in [6.45, 7) is 4.26. The summed E-state index contributed by atoms with van der Waals surface area (Å²) in [6.07, 6.45) is 3.27. The van der Waals surface area contributed by atoms with Crippen molar-refractivity contribution in [3.05, 3.63) is 41.9 Å². The number of carbonyl (C=O) groups is 1. The van der Waals surface area contributed by atoms with E-state index in [4.69, 9.17) is 4.74 Å². The van der Waals surface area contributed by atoms with Crippen LogP contribution in [-0.4, -0.2) is 22.9 Å². The molecule has 0 radical (unpaired) electrons. The molecule has 0 aromatic carbocycles. The number of hydrogen-bond donors (Lipinski definition) is 1. The minimum absolute atomic E-state index is 0.0349. The smallest absolute Gasteiger partial charge is 0.217 e. The lowest BCUT2D eigenvalue weighted by molar-refractivity contribution is 0.0916. The van der Waals surface area contributed by atoms with Crippen LogP contribution in [0.25, 0.3) is 0 Å². The molecule has 2 aromatic rings. The summed E-state index contributed by atoms with van der Waals surface area (Å²) in [5.41, 5.74) is 0.450. The Morgan fingerprint density at radius 2 is 1.85 bits per heavy atom. The van der Waals surface area contributed by atoms with Crippen molar-refractivity contribution in [3.63, 3.8) is 0 Å². The van der Waals surface area contributed by atoms with E-state index in [1.807, 2.05) is 0 Å². The number of carbonyl (C=O) groups excluding carboxylic acids is 1. The Balaban J connectivity index is 1.64. The van der Waals surface area contributed by atoms with Gasteiger partial charge >= 0.3 is 0 Å². The zero-order valence-corrected chi connectivity index (χ0v) is 15.5. The molecule has 0 bridgehead atoms. The molecule has 1 spiro atoms. The van der Waals surface area contributed by atoms with Crippen LogP contribution >= 0.6 is 0 Å². The molecule has 0 aliphatic heterocycles. The molecule has 1 atom stereocenters. The van der Waals surface area contributed by atoms with Gasteiger partial charge < -0.3 is 10.1 Å². The fourth-order valence-corrected chi connectivity index (χ4v) is 4.69. The third-order valence-corrected chi connectivity index (χ3v) is 6.33. The maximum atomic E-state index is 13.3. The highest BCUT2D eigenvalue weighted by molar-refractivity contribution is 6.02. The Labute approximate surface area is 156 Å². The fourth-order valence-electron chi connectivity index (χ4n) is 4.69. The lowest BCUT2D eigenvalue weighted by atomic mass is 9.75. The second kappa shape index (κ2) is 5.97. The molecule has 2 saturated carbocycles. The van der Waals surface area contributed by atoms with Crippen LogP contribution in [0.5, 0.6) is 5.75 Å². The predicted octanol–water partition coefficient (Wildman–Crippen LogP) is 4.52. The zero-order valence-electron chi connectivity index (χ0n) is 15.5. The normalized spacial score (nSPS) is 21.4. The molecule has 4 rings (SSSR count). The minimum atomic E-state index is -0.936. The van der Waals surface area contributed by atoms with E-state index in [0.29, 0.717) is 11.6 Å². The maximum absolute atomic E-state index is 13.3. The molecular weight excluding hydrogens is 352 g/mol. The van der Waals surface area contributed by atoms with E-state index < -0.39 is 11.9 Å². The molecule has 0 saturated heterocycles. The Bertz CT molecular complexity index is 905. The summed E-state index contributed by atoms with van der Waals surface area (Å²) >= 11 is 0. The first-order valence-corrected chi connectivity index (χ1v) is 8.98. The van der Waals surface area contributed by atoms with Gasteiger partial charge in [-0.15, -0.1) is 0 Å². The van der Waals surface area contributed by atoms with Crippen molar-refractivity contribution in [2.75, 3.05) is 12.4 Å². The first-order valence-electron chi connectivity index (χ1n) is 8.98. The number of ether oxygens (including phenoxy) is 1. The number of ketones is 1. The average Bonchev–Trinajstić information content (AvgIpc) is 3.10. The second-order valence-electron chi connectivity index (χ2n) is 7.90. The van der Waals surface area contributed by atoms with Crippen LogP contribution in [-0.2, 0) is 0 Å². The van der Waals surface area contributed by atoms with Crippen molar-refractivity contribution >= 4 is 17.3 Å². The summed E-state index contributed by atoms with van der Waals surface area (Å²) in [5, 5.41) is 2.82. The van der Waals surface area contributed by atoms with Crippen LogP contribution < -0.4 is 10.1 Å². The number of halogens is 2. The predicted molar refractivity (Wildman–Crippen MR) is 96.1 cm³/mol. The van der Waals surface area contributed by atoms with Crippen molar-refractivity contribution in [3.8, 4) is 5.75 Å². The highest BCUT2D eigenvalue weighted by Gasteiger charge is 2.75. The molecule has 0 amide bonds. The van der Waals surface area contributed by atoms with Gasteiger partial charge in [0.05, 0.1) is 7.11 Å². The number of aromatic nitrogens is 2. The number of anilines is 2. The van der Waals surface area contributed by atoms with Gasteiger partial charge in [0, 0.05) is 23.7 Å². The third kappa shape index (κ3) is 2.67. The van der Waals surface area contributed by atoms with Crippen molar-refractivity contribution in [1.29, 1.82) is 0 Å². The van der Waals surface area contributed by atoms with E-state index in [0.717, 1.165) is 31.4 Å². The molecule has 1 N–H and O–H groups in total. The van der Waals surface area contributed by atoms with Gasteiger partial charge in [-0.3, -0.25) is 4.79 Å². The van der Waals surface area contributed by atoms with Crippen molar-refractivity contribution in [2.24, 2.45) is 16.7 Å². The SMILES string of the molecule is COc1ccc(Nc2cc(F)nc(F)c2)nc1C(=O)C1C(C)(C)C12CCC2. The Morgan fingerprint density at radius 3 is 2.37 bits per heavy atom. The summed E-state index contributed by atoms with van der Waals surface area (Å²) in [6, 6.07) is 5.36. The third-order valence-electron chi connectivity index (χ3n) is 6.33. The molecule has 2 heterocycles. The maximum Gasteiger partial charge on any atom is 0.217 e. The van der Waals surface area contributed by atoms with Crippen LogP contribution in [0.1, 0.15) is 43.6 Å². The summed E-state index contributed by atoms with van der Waals surface area (Å²) in [7, 11) is 1.49. The quantitative estimate of drug-likeness (QED) is 0.617. The largest absolute Gasteiger partial charge is 0.494 e. The minimum Gasteiger partial charge on any atom is -0.494 e. The van der Waals surface area contributed by atoms with Crippen LogP contribution in [0.4, 0.5) is 20.3 Å². The van der Waals surface area contributed by atoms with Gasteiger partial charge in [-0.05, 0) is 35.8 Å². The van der Waals surface area contributed by atoms with E-state index in [1.54, 1.807) is 12.1 Å². The zero-order chi connectivity index (χ0) is 19.4. The molecule has 27 heavy (non-hydrogen) atoms. The van der Waals surface area contributed by atoms with E-state index in [2.05, 4.69) is 29.1 Å². The lowest BCUT2D eigenvalue weighted by Gasteiger charge is -2.29. The highest BCUT2D eigenvalue weighted by Crippen LogP contribution is 2.78. The molecule has 7 heteroatoms. The van der Waals surface area contributed by atoms with Gasteiger partial charge in [0.1, 0.15) is 11.6 Å². The van der Waals surface area contributed by atoms with Gasteiger partial charge in [0.25, 0.3) is 0 Å². The first kappa shape index (κ1) is 17.8. The highest BCUT2D eigenvalue weighted by atomic mass is 19.1. The Kier molecular flexibility index (Phi) is 3.94. The van der Waals surface area contributed by atoms with E-state index in [1.165, 1.54) is 7.11 Å². The van der Waals surface area contributed by atoms with Crippen molar-refractivity contribution in [2.45, 2.75) is 33.1 Å². The molecule has 2 aliphatic carbocycles. The van der Waals surface area contributed by atoms with Gasteiger partial charge in [0.15, 0.2) is 11.5 Å². The number of methoxy groups -OCH3 is 1. The van der Waals surface area contributed by atoms with E-state index in [-0.39, 0.29) is 33.9 Å². The van der Waals surface area contributed by atoms with Crippen LogP contribution in [0.2, 0.25) is 0 Å². The van der Waals surface area contributed by atoms with Crippen molar-refractivity contribution in [1.82, 2.24) is 9.97 Å². The van der Waals surface area contributed by atoms with E-state index >= 15 is 0 Å². The lowest BCUT2D eigenvalue weighted by Crippen LogP contribution is -2.21. The molecule has 142 valence electrons.